The predicted molar refractivity (Wildman–Crippen MR) is 162 cm³/mol. The number of hydrogen-bond donors (Lipinski definition) is 2. The topological polar surface area (TPSA) is 77.0 Å². The number of ether oxygens (including phenoxy) is 1. The van der Waals surface area contributed by atoms with Crippen LogP contribution in [0, 0.1) is 0 Å². The molecule has 4 saturated heterocycles. The molecule has 0 spiro atoms. The van der Waals surface area contributed by atoms with Crippen LogP contribution < -0.4 is 19.9 Å². The average molecular weight is 555 g/mol. The van der Waals surface area contributed by atoms with Gasteiger partial charge in [-0.1, -0.05) is 25.1 Å². The fourth-order valence-electron chi connectivity index (χ4n) is 8.56. The predicted octanol–water partition coefficient (Wildman–Crippen LogP) is 4.41. The van der Waals surface area contributed by atoms with Crippen molar-refractivity contribution < 1.29 is 9.84 Å². The molecule has 5 aliphatic rings. The number of aromatic hydroxyl groups is 1. The van der Waals surface area contributed by atoms with Crippen molar-refractivity contribution in [3.63, 3.8) is 0 Å². The molecule has 2 N–H and O–H groups in total. The molecule has 8 nitrogen and oxygen atoms in total. The van der Waals surface area contributed by atoms with Gasteiger partial charge in [-0.05, 0) is 81.5 Å². The lowest BCUT2D eigenvalue weighted by molar-refractivity contribution is 0.107. The summed E-state index contributed by atoms with van der Waals surface area (Å²) in [6.07, 6.45) is 9.27. The van der Waals surface area contributed by atoms with E-state index in [4.69, 9.17) is 14.7 Å². The molecule has 0 radical (unpaired) electrons. The van der Waals surface area contributed by atoms with Crippen molar-refractivity contribution in [2.24, 2.45) is 0 Å². The van der Waals surface area contributed by atoms with E-state index in [9.17, 15) is 5.11 Å². The molecule has 216 valence electrons. The Morgan fingerprint density at radius 3 is 2.61 bits per heavy atom. The largest absolute Gasteiger partial charge is 0.508 e. The lowest BCUT2D eigenvalue weighted by atomic mass is 9.95. The van der Waals surface area contributed by atoms with Crippen LogP contribution in [0.25, 0.3) is 10.8 Å². The lowest BCUT2D eigenvalue weighted by Gasteiger charge is -2.38. The summed E-state index contributed by atoms with van der Waals surface area (Å²) in [5.74, 6) is 1.40. The summed E-state index contributed by atoms with van der Waals surface area (Å²) in [6, 6.07) is 11.8. The molecule has 6 heterocycles. The van der Waals surface area contributed by atoms with Crippen LogP contribution >= 0.6 is 0 Å². The number of nitrogens with one attached hydrogen (secondary N) is 1. The standard InChI is InChI=1S/C33H42N6O2/c1-2-22-6-3-7-23-16-26(40)17-29(30(22)23)37-15-10-27-28(20-37)35-32(41-21-33-11-4-13-39(33)14-5-12-33)36-31(27)38-18-24-8-9-25(19-38)34-24/h3,6-7,16-17,24-25,34,40H,2,4-5,8-15,18-21H2,1H3. The Bertz CT molecular complexity index is 1450. The van der Waals surface area contributed by atoms with Gasteiger partial charge in [0.05, 0.1) is 17.8 Å². The normalized spacial score (nSPS) is 25.1. The Morgan fingerprint density at radius 1 is 1.02 bits per heavy atom. The molecule has 8 rings (SSSR count). The third kappa shape index (κ3) is 4.41. The SMILES string of the molecule is CCc1cccc2cc(O)cc(N3CCc4c(nc(OCC56CCCN5CCC6)nc4N4CC5CCC(C4)N5)C3)c12. The molecule has 0 saturated carbocycles. The van der Waals surface area contributed by atoms with E-state index < -0.39 is 0 Å². The third-order valence-corrected chi connectivity index (χ3v) is 10.6. The highest BCUT2D eigenvalue weighted by Gasteiger charge is 2.45. The van der Waals surface area contributed by atoms with Gasteiger partial charge in [-0.3, -0.25) is 4.90 Å². The first-order chi connectivity index (χ1) is 20.1. The molecule has 2 atom stereocenters. The van der Waals surface area contributed by atoms with E-state index in [1.165, 1.54) is 68.1 Å². The first-order valence-electron chi connectivity index (χ1n) is 15.9. The number of phenolic OH excluding ortho intramolecular Hbond substituents is 1. The Labute approximate surface area is 242 Å². The van der Waals surface area contributed by atoms with Gasteiger partial charge in [0.15, 0.2) is 0 Å². The molecular formula is C33H42N6O2. The molecule has 4 fully saturated rings. The fraction of sp³-hybridized carbons (Fsp3) is 0.576. The molecule has 2 aromatic carbocycles. The van der Waals surface area contributed by atoms with Crippen molar-refractivity contribution in [3.8, 4) is 11.8 Å². The second kappa shape index (κ2) is 10.0. The highest BCUT2D eigenvalue weighted by atomic mass is 16.5. The zero-order valence-corrected chi connectivity index (χ0v) is 24.2. The van der Waals surface area contributed by atoms with Crippen LogP contribution in [-0.4, -0.2) is 76.9 Å². The summed E-state index contributed by atoms with van der Waals surface area (Å²) in [6.45, 7) is 8.82. The molecule has 2 bridgehead atoms. The maximum absolute atomic E-state index is 10.7. The zero-order chi connectivity index (χ0) is 27.6. The van der Waals surface area contributed by atoms with Crippen molar-refractivity contribution >= 4 is 22.3 Å². The summed E-state index contributed by atoms with van der Waals surface area (Å²) < 4.78 is 6.56. The van der Waals surface area contributed by atoms with Crippen LogP contribution in [0.2, 0.25) is 0 Å². The van der Waals surface area contributed by atoms with E-state index in [-0.39, 0.29) is 5.54 Å². The molecule has 3 aromatic rings. The summed E-state index contributed by atoms with van der Waals surface area (Å²) in [4.78, 5) is 17.8. The first-order valence-corrected chi connectivity index (χ1v) is 15.9. The van der Waals surface area contributed by atoms with Crippen molar-refractivity contribution in [3.05, 3.63) is 47.2 Å². The van der Waals surface area contributed by atoms with Gasteiger partial charge < -0.3 is 25.0 Å². The van der Waals surface area contributed by atoms with Gasteiger partial charge in [0.25, 0.3) is 0 Å². The first kappa shape index (κ1) is 25.6. The van der Waals surface area contributed by atoms with Crippen LogP contribution in [0.4, 0.5) is 11.5 Å². The van der Waals surface area contributed by atoms with E-state index in [0.29, 0.717) is 37.0 Å². The molecule has 5 aliphatic heterocycles. The van der Waals surface area contributed by atoms with Gasteiger partial charge in [-0.15, -0.1) is 0 Å². The van der Waals surface area contributed by atoms with Crippen LogP contribution in [-0.2, 0) is 19.4 Å². The number of hydrogen-bond acceptors (Lipinski definition) is 8. The highest BCUT2D eigenvalue weighted by molar-refractivity contribution is 5.98. The van der Waals surface area contributed by atoms with E-state index in [1.54, 1.807) is 0 Å². The molecule has 1 aromatic heterocycles. The average Bonchev–Trinajstić information content (AvgIpc) is 3.68. The summed E-state index contributed by atoms with van der Waals surface area (Å²) in [5.41, 5.74) is 4.91. The Hall–Kier alpha value is -3.10. The number of phenols is 1. The minimum absolute atomic E-state index is 0.163. The summed E-state index contributed by atoms with van der Waals surface area (Å²) >= 11 is 0. The number of rotatable bonds is 6. The van der Waals surface area contributed by atoms with E-state index in [1.807, 2.05) is 12.1 Å². The number of fused-ring (bicyclic) bond motifs is 5. The number of benzene rings is 2. The smallest absolute Gasteiger partial charge is 0.318 e. The second-order valence-electron chi connectivity index (χ2n) is 13.0. The molecule has 0 aliphatic carbocycles. The maximum Gasteiger partial charge on any atom is 0.318 e. The van der Waals surface area contributed by atoms with Gasteiger partial charge in [0.2, 0.25) is 0 Å². The van der Waals surface area contributed by atoms with Crippen molar-refractivity contribution in [1.29, 1.82) is 0 Å². The Balaban J connectivity index is 1.16. The number of anilines is 2. The summed E-state index contributed by atoms with van der Waals surface area (Å²) in [7, 11) is 0. The minimum atomic E-state index is 0.163. The maximum atomic E-state index is 10.7. The van der Waals surface area contributed by atoms with Crippen LogP contribution in [0.15, 0.2) is 30.3 Å². The van der Waals surface area contributed by atoms with Gasteiger partial charge >= 0.3 is 6.01 Å². The molecule has 2 unspecified atom stereocenters. The lowest BCUT2D eigenvalue weighted by Crippen LogP contribution is -2.52. The van der Waals surface area contributed by atoms with E-state index in [0.717, 1.165) is 55.1 Å². The Kier molecular flexibility index (Phi) is 6.25. The van der Waals surface area contributed by atoms with E-state index >= 15 is 0 Å². The molecular weight excluding hydrogens is 512 g/mol. The van der Waals surface area contributed by atoms with Gasteiger partial charge in [0, 0.05) is 54.4 Å². The summed E-state index contributed by atoms with van der Waals surface area (Å²) in [5, 5.41) is 16.8. The van der Waals surface area contributed by atoms with Crippen molar-refractivity contribution in [1.82, 2.24) is 20.2 Å². The van der Waals surface area contributed by atoms with Crippen LogP contribution in [0.3, 0.4) is 0 Å². The van der Waals surface area contributed by atoms with Gasteiger partial charge in [-0.2, -0.15) is 9.97 Å². The van der Waals surface area contributed by atoms with Crippen LogP contribution in [0.5, 0.6) is 11.8 Å². The zero-order valence-electron chi connectivity index (χ0n) is 24.2. The highest BCUT2D eigenvalue weighted by Crippen LogP contribution is 2.41. The third-order valence-electron chi connectivity index (χ3n) is 10.6. The number of aromatic nitrogens is 2. The minimum Gasteiger partial charge on any atom is -0.508 e. The quantitative estimate of drug-likeness (QED) is 0.464. The van der Waals surface area contributed by atoms with Gasteiger partial charge in [-0.25, -0.2) is 0 Å². The number of piperazine rings is 1. The Morgan fingerprint density at radius 2 is 1.83 bits per heavy atom. The number of nitrogens with zero attached hydrogens (tertiary/aromatic N) is 5. The van der Waals surface area contributed by atoms with E-state index in [2.05, 4.69) is 45.1 Å². The number of aryl methyl sites for hydroxylation is 1. The van der Waals surface area contributed by atoms with Crippen molar-refractivity contribution in [2.75, 3.05) is 49.1 Å². The van der Waals surface area contributed by atoms with Crippen LogP contribution in [0.1, 0.15) is 62.3 Å². The molecule has 8 heteroatoms. The second-order valence-corrected chi connectivity index (χ2v) is 13.0. The molecule has 0 amide bonds. The van der Waals surface area contributed by atoms with Crippen molar-refractivity contribution in [2.45, 2.75) is 82.5 Å². The monoisotopic (exact) mass is 554 g/mol. The molecule has 41 heavy (non-hydrogen) atoms. The fourth-order valence-corrected chi connectivity index (χ4v) is 8.56. The van der Waals surface area contributed by atoms with Gasteiger partial charge in [0.1, 0.15) is 18.2 Å².